The number of nitrogens with one attached hydrogen (secondary N) is 2. The van der Waals surface area contributed by atoms with Crippen LogP contribution in [0, 0.1) is 0 Å². The van der Waals surface area contributed by atoms with Crippen molar-refractivity contribution in [2.45, 2.75) is 31.8 Å². The highest BCUT2D eigenvalue weighted by atomic mass is 16.3. The first-order valence-electron chi connectivity index (χ1n) is 6.93. The van der Waals surface area contributed by atoms with E-state index in [1.54, 1.807) is 31.2 Å². The van der Waals surface area contributed by atoms with Gasteiger partial charge in [0.1, 0.15) is 11.6 Å². The molecule has 1 aliphatic rings. The molecule has 0 radical (unpaired) electrons. The molecule has 21 heavy (non-hydrogen) atoms. The topological polar surface area (TPSA) is 97.4 Å². The number of benzene rings is 1. The summed E-state index contributed by atoms with van der Waals surface area (Å²) in [7, 11) is 0. The van der Waals surface area contributed by atoms with Crippen LogP contribution in [0.5, 0.6) is 0 Å². The van der Waals surface area contributed by atoms with E-state index in [2.05, 4.69) is 10.6 Å². The van der Waals surface area contributed by atoms with Crippen LogP contribution in [0.25, 0.3) is 11.0 Å². The molecule has 0 saturated heterocycles. The van der Waals surface area contributed by atoms with Gasteiger partial charge in [0.2, 0.25) is 5.91 Å². The summed E-state index contributed by atoms with van der Waals surface area (Å²) < 4.78 is 5.46. The van der Waals surface area contributed by atoms with Crippen LogP contribution >= 0.6 is 0 Å². The number of furan rings is 1. The molecule has 1 saturated carbocycles. The van der Waals surface area contributed by atoms with E-state index in [0.29, 0.717) is 11.3 Å². The molecule has 2 aromatic rings. The van der Waals surface area contributed by atoms with Crippen molar-refractivity contribution in [3.63, 3.8) is 0 Å². The van der Waals surface area contributed by atoms with Gasteiger partial charge in [-0.05, 0) is 44.0 Å². The molecule has 4 N–H and O–H groups in total. The number of rotatable bonds is 4. The molecule has 6 heteroatoms. The molecule has 1 unspecified atom stereocenters. The summed E-state index contributed by atoms with van der Waals surface area (Å²) in [6.07, 6.45) is 2.02. The highest BCUT2D eigenvalue weighted by Crippen LogP contribution is 2.22. The van der Waals surface area contributed by atoms with Gasteiger partial charge in [0.25, 0.3) is 5.91 Å². The highest BCUT2D eigenvalue weighted by Gasteiger charge is 2.26. The third-order valence-electron chi connectivity index (χ3n) is 3.43. The number of nitrogens with two attached hydrogens (primary N) is 1. The number of carbonyl (C=O) groups excluding carboxylic acids is 2. The van der Waals surface area contributed by atoms with Crippen molar-refractivity contribution in [3.05, 3.63) is 30.0 Å². The second-order valence-electron chi connectivity index (χ2n) is 5.39. The molecule has 110 valence electrons. The van der Waals surface area contributed by atoms with Crippen molar-refractivity contribution >= 4 is 28.5 Å². The van der Waals surface area contributed by atoms with E-state index < -0.39 is 11.9 Å². The summed E-state index contributed by atoms with van der Waals surface area (Å²) in [5.74, 6) is -0.420. The Labute approximate surface area is 121 Å². The van der Waals surface area contributed by atoms with Crippen LogP contribution in [0.1, 0.15) is 30.3 Å². The van der Waals surface area contributed by atoms with Crippen molar-refractivity contribution in [1.82, 2.24) is 10.6 Å². The van der Waals surface area contributed by atoms with E-state index in [4.69, 9.17) is 10.2 Å². The van der Waals surface area contributed by atoms with Crippen LogP contribution in [0.15, 0.2) is 28.7 Å². The largest absolute Gasteiger partial charge is 0.451 e. The maximum Gasteiger partial charge on any atom is 0.287 e. The summed E-state index contributed by atoms with van der Waals surface area (Å²) in [6, 6.07) is 6.44. The van der Waals surface area contributed by atoms with Crippen molar-refractivity contribution in [2.75, 3.05) is 5.73 Å². The maximum atomic E-state index is 12.1. The van der Waals surface area contributed by atoms with E-state index in [0.717, 1.165) is 18.2 Å². The van der Waals surface area contributed by atoms with Gasteiger partial charge in [-0.1, -0.05) is 0 Å². The lowest BCUT2D eigenvalue weighted by Crippen LogP contribution is -2.45. The molecular weight excluding hydrogens is 270 g/mol. The summed E-state index contributed by atoms with van der Waals surface area (Å²) in [5, 5.41) is 6.23. The molecule has 3 rings (SSSR count). The average Bonchev–Trinajstić information content (AvgIpc) is 3.14. The van der Waals surface area contributed by atoms with Crippen molar-refractivity contribution in [3.8, 4) is 0 Å². The second kappa shape index (κ2) is 5.12. The minimum atomic E-state index is -0.601. The second-order valence-corrected chi connectivity index (χ2v) is 5.39. The Bertz CT molecular complexity index is 703. The Morgan fingerprint density at radius 3 is 2.81 bits per heavy atom. The molecule has 1 aromatic carbocycles. The minimum absolute atomic E-state index is 0.168. The fraction of sp³-hybridized carbons (Fsp3) is 0.333. The standard InChI is InChI=1S/C15H17N3O3/c1-8(14(19)18-11-3-4-11)17-15(20)13-7-9-6-10(16)2-5-12(9)21-13/h2,5-8,11H,3-4,16H2,1H3,(H,17,20)(H,18,19). The van der Waals surface area contributed by atoms with Crippen LogP contribution < -0.4 is 16.4 Å². The molecule has 0 bridgehead atoms. The van der Waals surface area contributed by atoms with Gasteiger partial charge in [-0.25, -0.2) is 0 Å². The maximum absolute atomic E-state index is 12.1. The van der Waals surface area contributed by atoms with Crippen LogP contribution in [0.4, 0.5) is 5.69 Å². The van der Waals surface area contributed by atoms with Crippen molar-refractivity contribution in [2.24, 2.45) is 0 Å². The van der Waals surface area contributed by atoms with Gasteiger partial charge in [0, 0.05) is 17.1 Å². The third-order valence-corrected chi connectivity index (χ3v) is 3.43. The number of carbonyl (C=O) groups is 2. The zero-order chi connectivity index (χ0) is 15.0. The molecule has 1 atom stereocenters. The van der Waals surface area contributed by atoms with E-state index in [9.17, 15) is 9.59 Å². The number of anilines is 1. The van der Waals surface area contributed by atoms with Gasteiger partial charge < -0.3 is 20.8 Å². The lowest BCUT2D eigenvalue weighted by Gasteiger charge is -2.12. The molecule has 1 fully saturated rings. The smallest absolute Gasteiger partial charge is 0.287 e. The lowest BCUT2D eigenvalue weighted by atomic mass is 10.2. The quantitative estimate of drug-likeness (QED) is 0.741. The fourth-order valence-electron chi connectivity index (χ4n) is 2.06. The first-order chi connectivity index (χ1) is 10.0. The van der Waals surface area contributed by atoms with Crippen LogP contribution in [0.2, 0.25) is 0 Å². The fourth-order valence-corrected chi connectivity index (χ4v) is 2.06. The average molecular weight is 287 g/mol. The Kier molecular flexibility index (Phi) is 3.29. The minimum Gasteiger partial charge on any atom is -0.451 e. The molecule has 0 spiro atoms. The molecule has 6 nitrogen and oxygen atoms in total. The van der Waals surface area contributed by atoms with E-state index in [-0.39, 0.29) is 17.7 Å². The summed E-state index contributed by atoms with van der Waals surface area (Å²) in [4.78, 5) is 23.9. The Hall–Kier alpha value is -2.50. The van der Waals surface area contributed by atoms with Gasteiger partial charge >= 0.3 is 0 Å². The third kappa shape index (κ3) is 2.99. The molecule has 1 aromatic heterocycles. The van der Waals surface area contributed by atoms with Crippen LogP contribution in [-0.2, 0) is 4.79 Å². The van der Waals surface area contributed by atoms with Crippen LogP contribution in [-0.4, -0.2) is 23.9 Å². The summed E-state index contributed by atoms with van der Waals surface area (Å²) >= 11 is 0. The van der Waals surface area contributed by atoms with E-state index >= 15 is 0 Å². The predicted molar refractivity (Wildman–Crippen MR) is 78.7 cm³/mol. The Morgan fingerprint density at radius 1 is 1.33 bits per heavy atom. The number of hydrogen-bond acceptors (Lipinski definition) is 4. The number of hydrogen-bond donors (Lipinski definition) is 3. The van der Waals surface area contributed by atoms with Gasteiger partial charge in [-0.15, -0.1) is 0 Å². The predicted octanol–water partition coefficient (Wildman–Crippen LogP) is 1.41. The van der Waals surface area contributed by atoms with Gasteiger partial charge in [0.05, 0.1) is 0 Å². The van der Waals surface area contributed by atoms with Crippen molar-refractivity contribution in [1.29, 1.82) is 0 Å². The number of fused-ring (bicyclic) bond motifs is 1. The lowest BCUT2D eigenvalue weighted by molar-refractivity contribution is -0.122. The molecule has 1 aliphatic carbocycles. The molecular formula is C15H17N3O3. The Morgan fingerprint density at radius 2 is 2.10 bits per heavy atom. The molecule has 1 heterocycles. The SMILES string of the molecule is CC(NC(=O)c1cc2cc(N)ccc2o1)C(=O)NC1CC1. The van der Waals surface area contributed by atoms with E-state index in [1.807, 2.05) is 0 Å². The molecule has 2 amide bonds. The number of nitrogen functional groups attached to an aromatic ring is 1. The van der Waals surface area contributed by atoms with Crippen LogP contribution in [0.3, 0.4) is 0 Å². The van der Waals surface area contributed by atoms with Gasteiger partial charge in [-0.3, -0.25) is 9.59 Å². The van der Waals surface area contributed by atoms with Gasteiger partial charge in [-0.2, -0.15) is 0 Å². The summed E-state index contributed by atoms with van der Waals surface area (Å²) in [6.45, 7) is 1.65. The van der Waals surface area contributed by atoms with E-state index in [1.165, 1.54) is 0 Å². The normalized spacial score (nSPS) is 15.7. The monoisotopic (exact) mass is 287 g/mol. The molecule has 0 aliphatic heterocycles. The first-order valence-corrected chi connectivity index (χ1v) is 6.93. The zero-order valence-electron chi connectivity index (χ0n) is 11.7. The summed E-state index contributed by atoms with van der Waals surface area (Å²) in [5.41, 5.74) is 6.88. The van der Waals surface area contributed by atoms with Gasteiger partial charge in [0.15, 0.2) is 5.76 Å². The first kappa shape index (κ1) is 13.5. The van der Waals surface area contributed by atoms with Crippen molar-refractivity contribution < 1.29 is 14.0 Å². The zero-order valence-corrected chi connectivity index (χ0v) is 11.7. The number of amides is 2. The highest BCUT2D eigenvalue weighted by molar-refractivity contribution is 5.99. The Balaban J connectivity index is 1.69.